The number of aromatic amines is 1. The Morgan fingerprint density at radius 1 is 1.03 bits per heavy atom. The number of nitrogens with zero attached hydrogens (tertiary/aromatic N) is 1. The quantitative estimate of drug-likeness (QED) is 0.117. The normalized spacial score (nSPS) is 15.0. The van der Waals surface area contributed by atoms with Crippen molar-refractivity contribution in [1.82, 2.24) is 25.9 Å². The largest absolute Gasteiger partial charge is 0.481 e. The summed E-state index contributed by atoms with van der Waals surface area (Å²) in [6, 6.07) is -5.42. The molecule has 36 heavy (non-hydrogen) atoms. The molecule has 10 N–H and O–H groups in total. The maximum atomic E-state index is 13.0. The summed E-state index contributed by atoms with van der Waals surface area (Å²) in [5.41, 5.74) is 11.3. The molecule has 1 aromatic heterocycles. The maximum absolute atomic E-state index is 13.0. The molecule has 5 atom stereocenters. The van der Waals surface area contributed by atoms with Gasteiger partial charge in [-0.15, -0.1) is 0 Å². The Labute approximate surface area is 206 Å². The average Bonchev–Trinajstić information content (AvgIpc) is 3.31. The molecule has 200 valence electrons. The molecule has 1 heterocycles. The maximum Gasteiger partial charge on any atom is 0.326 e. The van der Waals surface area contributed by atoms with Gasteiger partial charge in [-0.2, -0.15) is 0 Å². The highest BCUT2D eigenvalue weighted by atomic mass is 16.4. The molecular weight excluding hydrogens is 478 g/mol. The molecule has 0 aliphatic heterocycles. The van der Waals surface area contributed by atoms with Crippen molar-refractivity contribution in [3.8, 4) is 0 Å². The van der Waals surface area contributed by atoms with Crippen LogP contribution in [-0.4, -0.2) is 79.9 Å². The van der Waals surface area contributed by atoms with E-state index in [1.165, 1.54) is 12.5 Å². The lowest BCUT2D eigenvalue weighted by atomic mass is 9.98. The number of imidazole rings is 1. The van der Waals surface area contributed by atoms with Gasteiger partial charge in [0.25, 0.3) is 0 Å². The first-order valence-electron chi connectivity index (χ1n) is 11.2. The van der Waals surface area contributed by atoms with E-state index in [0.717, 1.165) is 0 Å². The van der Waals surface area contributed by atoms with Crippen LogP contribution < -0.4 is 27.4 Å². The fourth-order valence-electron chi connectivity index (χ4n) is 3.13. The molecule has 0 radical (unpaired) electrons. The Balaban J connectivity index is 3.07. The third-order valence-corrected chi connectivity index (χ3v) is 5.44. The van der Waals surface area contributed by atoms with Crippen LogP contribution in [0.1, 0.15) is 45.2 Å². The highest BCUT2D eigenvalue weighted by Crippen LogP contribution is 2.09. The fraction of sp³-hybridized carbons (Fsp3) is 0.571. The third kappa shape index (κ3) is 10.1. The molecule has 1 rings (SSSR count). The van der Waals surface area contributed by atoms with E-state index < -0.39 is 72.1 Å². The number of carbonyl (C=O) groups excluding carboxylic acids is 4. The molecule has 15 nitrogen and oxygen atoms in total. The monoisotopic (exact) mass is 511 g/mol. The van der Waals surface area contributed by atoms with Gasteiger partial charge in [0.05, 0.1) is 18.8 Å². The van der Waals surface area contributed by atoms with Crippen LogP contribution in [0.5, 0.6) is 0 Å². The number of aromatic nitrogens is 2. The van der Waals surface area contributed by atoms with Crippen molar-refractivity contribution in [2.75, 3.05) is 0 Å². The number of primary amides is 1. The van der Waals surface area contributed by atoms with Crippen LogP contribution in [0.2, 0.25) is 0 Å². The summed E-state index contributed by atoms with van der Waals surface area (Å²) in [4.78, 5) is 78.7. The Morgan fingerprint density at radius 2 is 1.64 bits per heavy atom. The first kappa shape index (κ1) is 30.0. The smallest absolute Gasteiger partial charge is 0.326 e. The van der Waals surface area contributed by atoms with Crippen molar-refractivity contribution in [3.05, 3.63) is 18.2 Å². The minimum absolute atomic E-state index is 0.0736. The summed E-state index contributed by atoms with van der Waals surface area (Å²) in [5, 5.41) is 25.6. The van der Waals surface area contributed by atoms with Crippen LogP contribution >= 0.6 is 0 Å². The summed E-state index contributed by atoms with van der Waals surface area (Å²) < 4.78 is 0. The summed E-state index contributed by atoms with van der Waals surface area (Å²) >= 11 is 0. The molecule has 0 aliphatic rings. The molecule has 0 saturated carbocycles. The fourth-order valence-corrected chi connectivity index (χ4v) is 3.13. The van der Waals surface area contributed by atoms with Crippen molar-refractivity contribution < 1.29 is 39.0 Å². The number of H-pyrrole nitrogens is 1. The second kappa shape index (κ2) is 14.4. The minimum atomic E-state index is -1.63. The number of hydrogen-bond donors (Lipinski definition) is 8. The zero-order valence-corrected chi connectivity index (χ0v) is 20.0. The van der Waals surface area contributed by atoms with E-state index in [0.29, 0.717) is 12.1 Å². The molecule has 0 saturated heterocycles. The predicted octanol–water partition coefficient (Wildman–Crippen LogP) is -2.40. The van der Waals surface area contributed by atoms with Gasteiger partial charge in [-0.3, -0.25) is 24.0 Å². The summed E-state index contributed by atoms with van der Waals surface area (Å²) in [6.07, 6.45) is 1.96. The second-order valence-electron chi connectivity index (χ2n) is 8.32. The Bertz CT molecular complexity index is 937. The first-order chi connectivity index (χ1) is 16.8. The molecule has 0 aliphatic carbocycles. The predicted molar refractivity (Wildman–Crippen MR) is 124 cm³/mol. The van der Waals surface area contributed by atoms with E-state index in [-0.39, 0.29) is 19.3 Å². The lowest BCUT2D eigenvalue weighted by molar-refractivity contribution is -0.144. The van der Waals surface area contributed by atoms with Gasteiger partial charge in [0.1, 0.15) is 18.1 Å². The van der Waals surface area contributed by atoms with E-state index in [2.05, 4.69) is 25.9 Å². The van der Waals surface area contributed by atoms with Gasteiger partial charge in [-0.05, 0) is 12.3 Å². The zero-order valence-electron chi connectivity index (χ0n) is 20.0. The molecule has 15 heteroatoms. The topological polar surface area (TPSA) is 260 Å². The van der Waals surface area contributed by atoms with Crippen molar-refractivity contribution in [2.45, 2.75) is 70.1 Å². The molecular formula is C21H33N7O8. The SMILES string of the molecule is CCC(C)C(NC(=O)C(CC(=O)O)NC(=O)C(Cc1cnc[nH]1)NC(=O)C(N)CCC(N)=O)C(=O)O. The Hall–Kier alpha value is -4.01. The Kier molecular flexibility index (Phi) is 12.0. The van der Waals surface area contributed by atoms with Crippen LogP contribution in [0, 0.1) is 5.92 Å². The number of amides is 4. The van der Waals surface area contributed by atoms with E-state index in [1.807, 2.05) is 0 Å². The molecule has 0 bridgehead atoms. The van der Waals surface area contributed by atoms with Gasteiger partial charge in [0.2, 0.25) is 23.6 Å². The van der Waals surface area contributed by atoms with Crippen molar-refractivity contribution in [2.24, 2.45) is 17.4 Å². The number of nitrogens with one attached hydrogen (secondary N) is 4. The summed E-state index contributed by atoms with van der Waals surface area (Å²) in [6.45, 7) is 3.32. The molecule has 1 aromatic rings. The lowest BCUT2D eigenvalue weighted by Crippen LogP contribution is -2.58. The van der Waals surface area contributed by atoms with Crippen LogP contribution in [0.25, 0.3) is 0 Å². The highest BCUT2D eigenvalue weighted by molar-refractivity contribution is 5.95. The van der Waals surface area contributed by atoms with Gasteiger partial charge in [-0.1, -0.05) is 20.3 Å². The van der Waals surface area contributed by atoms with E-state index in [9.17, 15) is 39.0 Å². The second-order valence-corrected chi connectivity index (χ2v) is 8.32. The first-order valence-corrected chi connectivity index (χ1v) is 11.2. The molecule has 0 aromatic carbocycles. The van der Waals surface area contributed by atoms with Crippen molar-refractivity contribution >= 4 is 35.6 Å². The van der Waals surface area contributed by atoms with Gasteiger partial charge < -0.3 is 42.6 Å². The highest BCUT2D eigenvalue weighted by Gasteiger charge is 2.33. The molecule has 0 fully saturated rings. The lowest BCUT2D eigenvalue weighted by Gasteiger charge is -2.26. The standard InChI is InChI=1S/C21H33N7O8/c1-3-10(2)17(21(35)36)28-20(34)14(7-16(30)31)27-19(33)13(6-11-8-24-9-25-11)26-18(32)12(22)4-5-15(23)29/h8-10,12-14,17H,3-7,22H2,1-2H3,(H2,23,29)(H,24,25)(H,26,32)(H,27,33)(H,28,34)(H,30,31)(H,35,36). The molecule has 4 amide bonds. The molecule has 0 spiro atoms. The van der Waals surface area contributed by atoms with Crippen LogP contribution in [0.4, 0.5) is 0 Å². The van der Waals surface area contributed by atoms with E-state index in [4.69, 9.17) is 11.5 Å². The van der Waals surface area contributed by atoms with Gasteiger partial charge in [0.15, 0.2) is 0 Å². The van der Waals surface area contributed by atoms with Crippen molar-refractivity contribution in [3.63, 3.8) is 0 Å². The summed E-state index contributed by atoms with van der Waals surface area (Å²) in [5.74, 6) is -6.58. The average molecular weight is 512 g/mol. The third-order valence-electron chi connectivity index (χ3n) is 5.44. The number of aliphatic carboxylic acids is 2. The number of carbonyl (C=O) groups is 6. The van der Waals surface area contributed by atoms with Crippen LogP contribution in [0.15, 0.2) is 12.5 Å². The number of rotatable bonds is 16. The van der Waals surface area contributed by atoms with E-state index in [1.54, 1.807) is 13.8 Å². The number of carboxylic acids is 2. The summed E-state index contributed by atoms with van der Waals surface area (Å²) in [7, 11) is 0. The minimum Gasteiger partial charge on any atom is -0.481 e. The number of carboxylic acid groups (broad SMARTS) is 2. The van der Waals surface area contributed by atoms with Crippen molar-refractivity contribution in [1.29, 1.82) is 0 Å². The van der Waals surface area contributed by atoms with Gasteiger partial charge in [0, 0.05) is 24.7 Å². The Morgan fingerprint density at radius 3 is 2.14 bits per heavy atom. The van der Waals surface area contributed by atoms with Crippen LogP contribution in [0.3, 0.4) is 0 Å². The van der Waals surface area contributed by atoms with Crippen LogP contribution in [-0.2, 0) is 35.2 Å². The van der Waals surface area contributed by atoms with Gasteiger partial charge in [-0.25, -0.2) is 9.78 Å². The zero-order chi connectivity index (χ0) is 27.4. The number of hydrogen-bond acceptors (Lipinski definition) is 8. The number of nitrogens with two attached hydrogens (primary N) is 2. The van der Waals surface area contributed by atoms with Gasteiger partial charge >= 0.3 is 11.9 Å². The molecule has 5 unspecified atom stereocenters. The van der Waals surface area contributed by atoms with E-state index >= 15 is 0 Å².